The first kappa shape index (κ1) is 14.1. The van der Waals surface area contributed by atoms with E-state index < -0.39 is 9.84 Å². The zero-order chi connectivity index (χ0) is 13.9. The highest BCUT2D eigenvalue weighted by atomic mass is 32.2. The Hall–Kier alpha value is -1.28. The molecule has 0 saturated carbocycles. The fraction of sp³-hybridized carbons (Fsp3) is 0.455. The fourth-order valence-corrected chi connectivity index (χ4v) is 4.12. The summed E-state index contributed by atoms with van der Waals surface area (Å²) in [6.45, 7) is 0. The third-order valence-corrected chi connectivity index (χ3v) is 5.42. The number of nitrogen functional groups attached to an aromatic ring is 1. The van der Waals surface area contributed by atoms with Crippen LogP contribution in [0.1, 0.15) is 6.42 Å². The van der Waals surface area contributed by atoms with Crippen molar-refractivity contribution in [1.82, 2.24) is 10.3 Å². The molecule has 0 radical (unpaired) electrons. The number of rotatable bonds is 4. The Labute approximate surface area is 116 Å². The molecule has 0 bridgehead atoms. The molecular weight excluding hydrogens is 286 g/mol. The average molecular weight is 301 g/mol. The molecular formula is C11H15N3O3S2. The lowest BCUT2D eigenvalue weighted by Gasteiger charge is -2.10. The van der Waals surface area contributed by atoms with E-state index in [1.807, 2.05) is 0 Å². The highest BCUT2D eigenvalue weighted by Crippen LogP contribution is 2.16. The molecule has 3 N–H and O–H groups in total. The highest BCUT2D eigenvalue weighted by molar-refractivity contribution is 7.99. The van der Waals surface area contributed by atoms with Crippen LogP contribution >= 0.6 is 11.8 Å². The molecule has 1 unspecified atom stereocenters. The first-order valence-corrected chi connectivity index (χ1v) is 8.59. The quantitative estimate of drug-likeness (QED) is 0.762. The van der Waals surface area contributed by atoms with Gasteiger partial charge in [-0.2, -0.15) is 0 Å². The third-order valence-electron chi connectivity index (χ3n) is 2.71. The minimum atomic E-state index is -2.96. The normalized spacial score (nSPS) is 21.2. The van der Waals surface area contributed by atoms with Gasteiger partial charge in [0.25, 0.3) is 0 Å². The maximum absolute atomic E-state index is 11.7. The van der Waals surface area contributed by atoms with Gasteiger partial charge in [0.2, 0.25) is 5.91 Å². The number of carbonyl (C=O) groups excluding carboxylic acids is 1. The SMILES string of the molecule is Nc1ccc(SCC(=O)NC2CCS(=O)(=O)C2)nc1. The highest BCUT2D eigenvalue weighted by Gasteiger charge is 2.28. The smallest absolute Gasteiger partial charge is 0.230 e. The van der Waals surface area contributed by atoms with E-state index >= 15 is 0 Å². The molecule has 0 aliphatic carbocycles. The summed E-state index contributed by atoms with van der Waals surface area (Å²) < 4.78 is 22.5. The number of hydrogen-bond acceptors (Lipinski definition) is 6. The van der Waals surface area contributed by atoms with Crippen molar-refractivity contribution in [2.24, 2.45) is 0 Å². The molecule has 1 aliphatic heterocycles. The van der Waals surface area contributed by atoms with Crippen molar-refractivity contribution in [1.29, 1.82) is 0 Å². The first-order chi connectivity index (χ1) is 8.94. The predicted molar refractivity (Wildman–Crippen MR) is 74.6 cm³/mol. The number of anilines is 1. The van der Waals surface area contributed by atoms with Crippen molar-refractivity contribution >= 4 is 33.2 Å². The van der Waals surface area contributed by atoms with Gasteiger partial charge in [0.05, 0.1) is 34.2 Å². The molecule has 0 spiro atoms. The Bertz CT molecular complexity index is 557. The molecule has 1 amide bonds. The number of carbonyl (C=O) groups is 1. The van der Waals surface area contributed by atoms with Crippen LogP contribution in [0.25, 0.3) is 0 Å². The van der Waals surface area contributed by atoms with Crippen molar-refractivity contribution in [3.8, 4) is 0 Å². The van der Waals surface area contributed by atoms with E-state index in [1.54, 1.807) is 12.1 Å². The molecule has 2 rings (SSSR count). The zero-order valence-corrected chi connectivity index (χ0v) is 11.8. The number of amides is 1. The largest absolute Gasteiger partial charge is 0.397 e. The molecule has 1 aromatic heterocycles. The maximum Gasteiger partial charge on any atom is 0.230 e. The first-order valence-electron chi connectivity index (χ1n) is 5.79. The van der Waals surface area contributed by atoms with Crippen LogP contribution in [0.15, 0.2) is 23.4 Å². The van der Waals surface area contributed by atoms with E-state index in [9.17, 15) is 13.2 Å². The number of aromatic nitrogens is 1. The molecule has 1 aliphatic rings. The Morgan fingerprint density at radius 3 is 2.89 bits per heavy atom. The van der Waals surface area contributed by atoms with E-state index in [0.717, 1.165) is 0 Å². The lowest BCUT2D eigenvalue weighted by Crippen LogP contribution is -2.36. The molecule has 6 nitrogen and oxygen atoms in total. The number of hydrogen-bond donors (Lipinski definition) is 2. The van der Waals surface area contributed by atoms with E-state index in [2.05, 4.69) is 10.3 Å². The number of nitrogens with zero attached hydrogens (tertiary/aromatic N) is 1. The van der Waals surface area contributed by atoms with Gasteiger partial charge in [0, 0.05) is 6.04 Å². The van der Waals surface area contributed by atoms with Gasteiger partial charge in [0.1, 0.15) is 0 Å². The number of nitrogens with one attached hydrogen (secondary N) is 1. The van der Waals surface area contributed by atoms with Crippen LogP contribution in [0.3, 0.4) is 0 Å². The van der Waals surface area contributed by atoms with E-state index in [0.29, 0.717) is 17.1 Å². The summed E-state index contributed by atoms with van der Waals surface area (Å²) in [6, 6.07) is 3.21. The maximum atomic E-state index is 11.7. The van der Waals surface area contributed by atoms with Crippen LogP contribution in [-0.2, 0) is 14.6 Å². The lowest BCUT2D eigenvalue weighted by atomic mass is 10.3. The third kappa shape index (κ3) is 4.39. The fourth-order valence-electron chi connectivity index (χ4n) is 1.79. The predicted octanol–water partition coefficient (Wildman–Crippen LogP) is 0.0592. The number of sulfone groups is 1. The van der Waals surface area contributed by atoms with Gasteiger partial charge in [0.15, 0.2) is 9.84 Å². The molecule has 2 heterocycles. The molecule has 1 atom stereocenters. The van der Waals surface area contributed by atoms with E-state index in [1.165, 1.54) is 18.0 Å². The van der Waals surface area contributed by atoms with Crippen molar-refractivity contribution in [3.05, 3.63) is 18.3 Å². The van der Waals surface area contributed by atoms with Gasteiger partial charge in [-0.15, -0.1) is 0 Å². The molecule has 19 heavy (non-hydrogen) atoms. The van der Waals surface area contributed by atoms with E-state index in [4.69, 9.17) is 5.73 Å². The minimum Gasteiger partial charge on any atom is -0.397 e. The second kappa shape index (κ2) is 5.79. The Balaban J connectivity index is 1.77. The van der Waals surface area contributed by atoms with Gasteiger partial charge >= 0.3 is 0 Å². The molecule has 8 heteroatoms. The Morgan fingerprint density at radius 2 is 2.32 bits per heavy atom. The molecule has 1 saturated heterocycles. The minimum absolute atomic E-state index is 0.0452. The summed E-state index contributed by atoms with van der Waals surface area (Å²) in [5, 5.41) is 3.44. The van der Waals surface area contributed by atoms with Crippen molar-refractivity contribution in [2.75, 3.05) is 23.0 Å². The zero-order valence-electron chi connectivity index (χ0n) is 10.2. The van der Waals surface area contributed by atoms with Gasteiger partial charge in [-0.3, -0.25) is 4.79 Å². The number of nitrogens with two attached hydrogens (primary N) is 1. The molecule has 104 valence electrons. The van der Waals surface area contributed by atoms with Crippen LogP contribution in [0.2, 0.25) is 0 Å². The summed E-state index contributed by atoms with van der Waals surface area (Å²) in [5.41, 5.74) is 6.08. The Kier molecular flexibility index (Phi) is 4.31. The van der Waals surface area contributed by atoms with Crippen LogP contribution in [0, 0.1) is 0 Å². The van der Waals surface area contributed by atoms with Crippen molar-refractivity contribution in [3.63, 3.8) is 0 Å². The number of thioether (sulfide) groups is 1. The molecule has 0 aromatic carbocycles. The van der Waals surface area contributed by atoms with Crippen molar-refractivity contribution < 1.29 is 13.2 Å². The van der Waals surface area contributed by atoms with Gasteiger partial charge < -0.3 is 11.1 Å². The number of pyridine rings is 1. The van der Waals surface area contributed by atoms with Crippen LogP contribution in [0.5, 0.6) is 0 Å². The van der Waals surface area contributed by atoms with Gasteiger partial charge in [-0.1, -0.05) is 11.8 Å². The molecule has 1 aromatic rings. The lowest BCUT2D eigenvalue weighted by molar-refractivity contribution is -0.119. The monoisotopic (exact) mass is 301 g/mol. The standard InChI is InChI=1S/C11H15N3O3S2/c12-8-1-2-11(13-5-8)18-6-10(15)14-9-3-4-19(16,17)7-9/h1-2,5,9H,3-4,6-7,12H2,(H,14,15). The summed E-state index contributed by atoms with van der Waals surface area (Å²) in [4.78, 5) is 15.7. The topological polar surface area (TPSA) is 102 Å². The molecule has 1 fully saturated rings. The van der Waals surface area contributed by atoms with Gasteiger partial charge in [-0.25, -0.2) is 13.4 Å². The van der Waals surface area contributed by atoms with Gasteiger partial charge in [-0.05, 0) is 18.6 Å². The van der Waals surface area contributed by atoms with Crippen LogP contribution < -0.4 is 11.1 Å². The average Bonchev–Trinajstić information content (AvgIpc) is 2.68. The second-order valence-corrected chi connectivity index (χ2v) is 7.61. The Morgan fingerprint density at radius 1 is 1.53 bits per heavy atom. The second-order valence-electron chi connectivity index (χ2n) is 4.39. The van der Waals surface area contributed by atoms with Crippen LogP contribution in [-0.4, -0.2) is 42.6 Å². The summed E-state index contributed by atoms with van der Waals surface area (Å²) in [5.74, 6) is 0.243. The summed E-state index contributed by atoms with van der Waals surface area (Å²) in [7, 11) is -2.96. The summed E-state index contributed by atoms with van der Waals surface area (Å²) >= 11 is 1.29. The van der Waals surface area contributed by atoms with Crippen LogP contribution in [0.4, 0.5) is 5.69 Å². The van der Waals surface area contributed by atoms with Crippen molar-refractivity contribution in [2.45, 2.75) is 17.5 Å². The summed E-state index contributed by atoms with van der Waals surface area (Å²) in [6.07, 6.45) is 2.03. The van der Waals surface area contributed by atoms with E-state index in [-0.39, 0.29) is 29.2 Å².